The third-order valence-corrected chi connectivity index (χ3v) is 5.21. The summed E-state index contributed by atoms with van der Waals surface area (Å²) in [4.78, 5) is 1.76. The van der Waals surface area contributed by atoms with Crippen LogP contribution in [0.3, 0.4) is 0 Å². The highest BCUT2D eigenvalue weighted by molar-refractivity contribution is 7.88. The zero-order valence-electron chi connectivity index (χ0n) is 14.5. The zero-order chi connectivity index (χ0) is 19.8. The Morgan fingerprint density at radius 2 is 1.67 bits per heavy atom. The molecule has 0 bridgehead atoms. The SMILES string of the molecule is Cn1c(-c2ccccc2)c/c(=N/NS(C)(=O)=O)c2cc(S(=O)(=O)O)ccc21. The average Bonchev–Trinajstić information content (AvgIpc) is 2.60. The molecular weight excluding hydrogens is 390 g/mol. The number of sulfonamides is 1. The third-order valence-electron chi connectivity index (χ3n) is 3.94. The highest BCUT2D eigenvalue weighted by Gasteiger charge is 2.14. The predicted octanol–water partition coefficient (Wildman–Crippen LogP) is 1.46. The Kier molecular flexibility index (Phi) is 4.81. The van der Waals surface area contributed by atoms with Crippen LogP contribution in [0.4, 0.5) is 0 Å². The van der Waals surface area contributed by atoms with Gasteiger partial charge in [0.05, 0.1) is 27.7 Å². The van der Waals surface area contributed by atoms with Crippen molar-refractivity contribution in [3.05, 3.63) is 60.0 Å². The summed E-state index contributed by atoms with van der Waals surface area (Å²) in [5, 5.41) is 4.51. The molecule has 142 valence electrons. The van der Waals surface area contributed by atoms with E-state index >= 15 is 0 Å². The molecule has 1 aromatic heterocycles. The Labute approximate surface area is 156 Å². The Morgan fingerprint density at radius 1 is 1.00 bits per heavy atom. The van der Waals surface area contributed by atoms with Gasteiger partial charge in [0.15, 0.2) is 0 Å². The standard InChI is InChI=1S/C17H17N3O5S2/c1-20-16-9-8-13(27(23,24)25)10-14(16)15(18-19-26(2,21)22)11-17(20)12-6-4-3-5-7-12/h3-11,19H,1-2H3,(H,23,24,25)/b18-15-. The molecule has 3 rings (SSSR count). The quantitative estimate of drug-likeness (QED) is 0.501. The molecule has 0 atom stereocenters. The van der Waals surface area contributed by atoms with Crippen LogP contribution in [0.5, 0.6) is 0 Å². The first kappa shape index (κ1) is 19.1. The largest absolute Gasteiger partial charge is 0.344 e. The Hall–Kier alpha value is -2.69. The number of hydrogen-bond acceptors (Lipinski definition) is 5. The van der Waals surface area contributed by atoms with Crippen molar-refractivity contribution in [3.8, 4) is 11.3 Å². The molecule has 0 aliphatic heterocycles. The summed E-state index contributed by atoms with van der Waals surface area (Å²) in [7, 11) is -6.23. The number of aryl methyl sites for hydroxylation is 1. The van der Waals surface area contributed by atoms with Crippen molar-refractivity contribution in [1.29, 1.82) is 0 Å². The number of fused-ring (bicyclic) bond motifs is 1. The normalized spacial score (nSPS) is 13.1. The topological polar surface area (TPSA) is 118 Å². The van der Waals surface area contributed by atoms with Gasteiger partial charge in [0, 0.05) is 12.4 Å². The first-order valence-corrected chi connectivity index (χ1v) is 11.1. The Balaban J connectivity index is 2.41. The second-order valence-electron chi connectivity index (χ2n) is 5.97. The summed E-state index contributed by atoms with van der Waals surface area (Å²) in [6.45, 7) is 0. The van der Waals surface area contributed by atoms with Gasteiger partial charge >= 0.3 is 0 Å². The van der Waals surface area contributed by atoms with Crippen molar-refractivity contribution in [3.63, 3.8) is 0 Å². The summed E-state index contributed by atoms with van der Waals surface area (Å²) in [6, 6.07) is 15.1. The monoisotopic (exact) mass is 407 g/mol. The predicted molar refractivity (Wildman–Crippen MR) is 102 cm³/mol. The van der Waals surface area contributed by atoms with E-state index in [-0.39, 0.29) is 10.3 Å². The molecule has 0 spiro atoms. The van der Waals surface area contributed by atoms with Crippen LogP contribution in [0.25, 0.3) is 22.2 Å². The van der Waals surface area contributed by atoms with E-state index in [0.717, 1.165) is 17.5 Å². The highest BCUT2D eigenvalue weighted by Crippen LogP contribution is 2.23. The van der Waals surface area contributed by atoms with Crippen LogP contribution in [0, 0.1) is 0 Å². The van der Waals surface area contributed by atoms with E-state index in [1.54, 1.807) is 13.1 Å². The summed E-state index contributed by atoms with van der Waals surface area (Å²) in [5.74, 6) is 0. The van der Waals surface area contributed by atoms with Gasteiger partial charge in [0.2, 0.25) is 10.0 Å². The highest BCUT2D eigenvalue weighted by atomic mass is 32.2. The third kappa shape index (κ3) is 4.18. The van der Waals surface area contributed by atoms with Crippen molar-refractivity contribution in [2.75, 3.05) is 6.26 Å². The van der Waals surface area contributed by atoms with Crippen LogP contribution >= 0.6 is 0 Å². The Morgan fingerprint density at radius 3 is 2.26 bits per heavy atom. The molecule has 0 fully saturated rings. The van der Waals surface area contributed by atoms with E-state index in [4.69, 9.17) is 0 Å². The van der Waals surface area contributed by atoms with Gasteiger partial charge in [-0.1, -0.05) is 30.3 Å². The lowest BCUT2D eigenvalue weighted by molar-refractivity contribution is 0.483. The minimum absolute atomic E-state index is 0.220. The van der Waals surface area contributed by atoms with Gasteiger partial charge in [-0.3, -0.25) is 4.55 Å². The van der Waals surface area contributed by atoms with Gasteiger partial charge in [-0.05, 0) is 29.8 Å². The van der Waals surface area contributed by atoms with Crippen LogP contribution in [0.15, 0.2) is 64.6 Å². The van der Waals surface area contributed by atoms with Crippen molar-refractivity contribution < 1.29 is 21.4 Å². The van der Waals surface area contributed by atoms with Gasteiger partial charge in [0.25, 0.3) is 10.1 Å². The molecule has 10 heteroatoms. The van der Waals surface area contributed by atoms with Gasteiger partial charge in [-0.25, -0.2) is 13.2 Å². The molecule has 0 radical (unpaired) electrons. The molecule has 0 aliphatic carbocycles. The smallest absolute Gasteiger partial charge is 0.294 e. The van der Waals surface area contributed by atoms with Crippen LogP contribution < -0.4 is 10.2 Å². The first-order chi connectivity index (χ1) is 12.6. The van der Waals surface area contributed by atoms with E-state index in [0.29, 0.717) is 10.9 Å². The van der Waals surface area contributed by atoms with Crippen LogP contribution in [0.2, 0.25) is 0 Å². The number of rotatable bonds is 4. The van der Waals surface area contributed by atoms with Crippen molar-refractivity contribution in [2.24, 2.45) is 12.1 Å². The number of benzene rings is 2. The molecule has 8 nitrogen and oxygen atoms in total. The Bertz CT molecular complexity index is 1300. The van der Waals surface area contributed by atoms with Gasteiger partial charge < -0.3 is 4.57 Å². The van der Waals surface area contributed by atoms with Gasteiger partial charge in [-0.15, -0.1) is 0 Å². The van der Waals surface area contributed by atoms with E-state index in [9.17, 15) is 21.4 Å². The number of nitrogens with one attached hydrogen (secondary N) is 1. The second-order valence-corrected chi connectivity index (χ2v) is 9.12. The van der Waals surface area contributed by atoms with Crippen LogP contribution in [0.1, 0.15) is 0 Å². The number of nitrogens with zero attached hydrogens (tertiary/aromatic N) is 2. The maximum Gasteiger partial charge on any atom is 0.294 e. The molecule has 0 saturated carbocycles. The summed E-state index contributed by atoms with van der Waals surface area (Å²) >= 11 is 0. The molecule has 0 unspecified atom stereocenters. The molecule has 3 aromatic rings. The zero-order valence-corrected chi connectivity index (χ0v) is 16.1. The molecule has 2 aromatic carbocycles. The summed E-state index contributed by atoms with van der Waals surface area (Å²) < 4.78 is 57.0. The maximum absolute atomic E-state index is 11.5. The molecule has 27 heavy (non-hydrogen) atoms. The van der Waals surface area contributed by atoms with E-state index in [1.165, 1.54) is 18.2 Å². The van der Waals surface area contributed by atoms with Crippen molar-refractivity contribution >= 4 is 31.0 Å². The van der Waals surface area contributed by atoms with Crippen LogP contribution in [-0.2, 0) is 27.2 Å². The van der Waals surface area contributed by atoms with Gasteiger partial charge in [-0.2, -0.15) is 13.5 Å². The molecule has 0 aliphatic rings. The van der Waals surface area contributed by atoms with E-state index in [1.807, 2.05) is 34.9 Å². The van der Waals surface area contributed by atoms with Crippen molar-refractivity contribution in [1.82, 2.24) is 9.40 Å². The fourth-order valence-electron chi connectivity index (χ4n) is 2.72. The molecule has 1 heterocycles. The van der Waals surface area contributed by atoms with Crippen molar-refractivity contribution in [2.45, 2.75) is 4.90 Å². The first-order valence-electron chi connectivity index (χ1n) is 7.73. The molecule has 2 N–H and O–H groups in total. The van der Waals surface area contributed by atoms with Gasteiger partial charge in [0.1, 0.15) is 0 Å². The fourth-order valence-corrected chi connectivity index (χ4v) is 3.49. The average molecular weight is 407 g/mol. The number of pyridine rings is 1. The molecule has 0 amide bonds. The minimum atomic E-state index is -4.42. The summed E-state index contributed by atoms with van der Waals surface area (Å²) in [5.41, 5.74) is 2.23. The molecular formula is C17H17N3O5S2. The van der Waals surface area contributed by atoms with E-state index < -0.39 is 20.1 Å². The summed E-state index contributed by atoms with van der Waals surface area (Å²) in [6.07, 6.45) is 0.962. The number of hydrogen-bond donors (Lipinski definition) is 2. The van der Waals surface area contributed by atoms with Crippen LogP contribution in [-0.4, -0.2) is 32.2 Å². The molecule has 0 saturated heterocycles. The lowest BCUT2D eigenvalue weighted by atomic mass is 10.1. The minimum Gasteiger partial charge on any atom is -0.344 e. The van der Waals surface area contributed by atoms with E-state index in [2.05, 4.69) is 9.93 Å². The number of aromatic nitrogens is 1. The maximum atomic E-state index is 11.5. The second kappa shape index (κ2) is 6.80. The fraction of sp³-hybridized carbons (Fsp3) is 0.118. The lowest BCUT2D eigenvalue weighted by Gasteiger charge is -2.14. The lowest BCUT2D eigenvalue weighted by Crippen LogP contribution is -2.21.